The van der Waals surface area contributed by atoms with Gasteiger partial charge in [-0.2, -0.15) is 0 Å². The summed E-state index contributed by atoms with van der Waals surface area (Å²) in [5.41, 5.74) is 1.33. The summed E-state index contributed by atoms with van der Waals surface area (Å²) in [6.45, 7) is 10.1. The third kappa shape index (κ3) is 6.66. The van der Waals surface area contributed by atoms with Crippen LogP contribution in [0.4, 0.5) is 0 Å². The van der Waals surface area contributed by atoms with Crippen LogP contribution in [0.5, 0.6) is 11.5 Å². The zero-order valence-corrected chi connectivity index (χ0v) is 12.8. The molecular weight excluding hydrogens is 232 g/mol. The van der Waals surface area contributed by atoms with Crippen LogP contribution in [0.25, 0.3) is 0 Å². The topological polar surface area (TPSA) is 9.23 Å². The molecule has 0 fully saturated rings. The highest BCUT2D eigenvalue weighted by Crippen LogP contribution is 2.20. The first-order chi connectivity index (χ1) is 9.38. The second kappa shape index (κ2) is 11.3. The maximum Gasteiger partial charge on any atom is 0.127 e. The van der Waals surface area contributed by atoms with Crippen LogP contribution in [0.15, 0.2) is 54.6 Å². The third-order valence-corrected chi connectivity index (χ3v) is 2.31. The van der Waals surface area contributed by atoms with Crippen LogP contribution < -0.4 is 4.74 Å². The highest BCUT2D eigenvalue weighted by atomic mass is 16.5. The van der Waals surface area contributed by atoms with Gasteiger partial charge in [0.1, 0.15) is 11.5 Å². The van der Waals surface area contributed by atoms with Crippen molar-refractivity contribution >= 4 is 0 Å². The Morgan fingerprint density at radius 3 is 1.63 bits per heavy atom. The molecule has 0 spiro atoms. The standard InChI is InChI=1S/C14H14O.2C2H6/c1-2-12-8-10-14(11-9-12)15-13-6-4-3-5-7-13;2*1-2/h3-11H,2H2,1H3;2*1-2H3. The molecule has 0 heterocycles. The quantitative estimate of drug-likeness (QED) is 0.647. The number of para-hydroxylation sites is 1. The Bertz CT molecular complexity index is 403. The monoisotopic (exact) mass is 258 g/mol. The summed E-state index contributed by atoms with van der Waals surface area (Å²) in [4.78, 5) is 0. The molecule has 0 aliphatic heterocycles. The Morgan fingerprint density at radius 2 is 1.16 bits per heavy atom. The van der Waals surface area contributed by atoms with Crippen molar-refractivity contribution in [2.45, 2.75) is 41.0 Å². The third-order valence-electron chi connectivity index (χ3n) is 2.31. The van der Waals surface area contributed by atoms with Crippen LogP contribution in [-0.2, 0) is 6.42 Å². The highest BCUT2D eigenvalue weighted by molar-refractivity contribution is 5.32. The van der Waals surface area contributed by atoms with Gasteiger partial charge in [0.2, 0.25) is 0 Å². The number of aryl methyl sites for hydroxylation is 1. The molecule has 0 aromatic heterocycles. The zero-order valence-electron chi connectivity index (χ0n) is 12.8. The molecule has 0 aliphatic carbocycles. The summed E-state index contributed by atoms with van der Waals surface area (Å²) in [6, 6.07) is 18.0. The van der Waals surface area contributed by atoms with E-state index in [0.717, 1.165) is 17.9 Å². The Kier molecular flexibility index (Phi) is 10.3. The molecule has 104 valence electrons. The number of rotatable bonds is 3. The molecule has 19 heavy (non-hydrogen) atoms. The van der Waals surface area contributed by atoms with Crippen molar-refractivity contribution in [2.24, 2.45) is 0 Å². The maximum absolute atomic E-state index is 5.68. The van der Waals surface area contributed by atoms with Gasteiger partial charge >= 0.3 is 0 Å². The van der Waals surface area contributed by atoms with E-state index in [1.54, 1.807) is 0 Å². The van der Waals surface area contributed by atoms with Gasteiger partial charge in [-0.25, -0.2) is 0 Å². The molecule has 0 N–H and O–H groups in total. The van der Waals surface area contributed by atoms with E-state index < -0.39 is 0 Å². The lowest BCUT2D eigenvalue weighted by molar-refractivity contribution is 0.482. The molecule has 0 atom stereocenters. The maximum atomic E-state index is 5.68. The fourth-order valence-electron chi connectivity index (χ4n) is 1.42. The largest absolute Gasteiger partial charge is 0.457 e. The van der Waals surface area contributed by atoms with Crippen LogP contribution in [0, 0.1) is 0 Å². The Balaban J connectivity index is 0.000000741. The van der Waals surface area contributed by atoms with Gasteiger partial charge in [0.25, 0.3) is 0 Å². The van der Waals surface area contributed by atoms with Crippen molar-refractivity contribution in [1.82, 2.24) is 0 Å². The van der Waals surface area contributed by atoms with Gasteiger partial charge in [0, 0.05) is 0 Å². The lowest BCUT2D eigenvalue weighted by Gasteiger charge is -2.05. The second-order valence-corrected chi connectivity index (χ2v) is 3.41. The van der Waals surface area contributed by atoms with E-state index in [0.29, 0.717) is 0 Å². The molecule has 0 aliphatic rings. The van der Waals surface area contributed by atoms with Gasteiger partial charge in [-0.3, -0.25) is 0 Å². The lowest BCUT2D eigenvalue weighted by Crippen LogP contribution is -1.84. The average molecular weight is 258 g/mol. The van der Waals surface area contributed by atoms with Crippen molar-refractivity contribution in [3.8, 4) is 11.5 Å². The minimum Gasteiger partial charge on any atom is -0.457 e. The molecule has 0 saturated heterocycles. The van der Waals surface area contributed by atoms with Crippen LogP contribution in [0.2, 0.25) is 0 Å². The van der Waals surface area contributed by atoms with Crippen molar-refractivity contribution < 1.29 is 4.74 Å². The summed E-state index contributed by atoms with van der Waals surface area (Å²) in [7, 11) is 0. The SMILES string of the molecule is CC.CC.CCc1ccc(Oc2ccccc2)cc1. The average Bonchev–Trinajstić information content (AvgIpc) is 2.53. The molecule has 1 nitrogen and oxygen atoms in total. The molecule has 2 rings (SSSR count). The molecule has 0 unspecified atom stereocenters. The summed E-state index contributed by atoms with van der Waals surface area (Å²) in [5.74, 6) is 1.76. The summed E-state index contributed by atoms with van der Waals surface area (Å²) >= 11 is 0. The van der Waals surface area contributed by atoms with Crippen molar-refractivity contribution in [2.75, 3.05) is 0 Å². The number of hydrogen-bond acceptors (Lipinski definition) is 1. The smallest absolute Gasteiger partial charge is 0.127 e. The molecule has 0 radical (unpaired) electrons. The van der Waals surface area contributed by atoms with Gasteiger partial charge in [-0.05, 0) is 36.2 Å². The van der Waals surface area contributed by atoms with E-state index in [1.807, 2.05) is 70.2 Å². The minimum absolute atomic E-state index is 0.877. The minimum atomic E-state index is 0.877. The normalized spacial score (nSPS) is 8.47. The van der Waals surface area contributed by atoms with Gasteiger partial charge in [0.15, 0.2) is 0 Å². The van der Waals surface area contributed by atoms with E-state index in [2.05, 4.69) is 19.1 Å². The first kappa shape index (κ1) is 17.2. The van der Waals surface area contributed by atoms with E-state index in [4.69, 9.17) is 4.74 Å². The first-order valence-corrected chi connectivity index (χ1v) is 7.20. The fraction of sp³-hybridized carbons (Fsp3) is 0.333. The lowest BCUT2D eigenvalue weighted by atomic mass is 10.2. The Morgan fingerprint density at radius 1 is 0.684 bits per heavy atom. The number of benzene rings is 2. The Labute approximate surface area is 118 Å². The number of ether oxygens (including phenoxy) is 1. The van der Waals surface area contributed by atoms with E-state index >= 15 is 0 Å². The van der Waals surface area contributed by atoms with Gasteiger partial charge in [0.05, 0.1) is 0 Å². The van der Waals surface area contributed by atoms with E-state index in [9.17, 15) is 0 Å². The zero-order chi connectivity index (χ0) is 14.5. The summed E-state index contributed by atoms with van der Waals surface area (Å²) in [6.07, 6.45) is 1.06. The predicted molar refractivity (Wildman–Crippen MR) is 85.0 cm³/mol. The van der Waals surface area contributed by atoms with Crippen molar-refractivity contribution in [3.63, 3.8) is 0 Å². The van der Waals surface area contributed by atoms with Crippen LogP contribution in [0.1, 0.15) is 40.2 Å². The molecule has 2 aromatic carbocycles. The van der Waals surface area contributed by atoms with Crippen LogP contribution in [-0.4, -0.2) is 0 Å². The van der Waals surface area contributed by atoms with Gasteiger partial charge in [-0.1, -0.05) is 65.0 Å². The molecular formula is C18H26O. The molecule has 2 aromatic rings. The predicted octanol–water partition coefficient (Wildman–Crippen LogP) is 6.09. The molecule has 1 heteroatoms. The second-order valence-electron chi connectivity index (χ2n) is 3.41. The van der Waals surface area contributed by atoms with Crippen molar-refractivity contribution in [3.05, 3.63) is 60.2 Å². The summed E-state index contributed by atoms with van der Waals surface area (Å²) < 4.78 is 5.68. The van der Waals surface area contributed by atoms with Crippen LogP contribution in [0.3, 0.4) is 0 Å². The van der Waals surface area contributed by atoms with E-state index in [-0.39, 0.29) is 0 Å². The number of hydrogen-bond donors (Lipinski definition) is 0. The van der Waals surface area contributed by atoms with Crippen LogP contribution >= 0.6 is 0 Å². The fourth-order valence-corrected chi connectivity index (χ4v) is 1.42. The van der Waals surface area contributed by atoms with Crippen molar-refractivity contribution in [1.29, 1.82) is 0 Å². The van der Waals surface area contributed by atoms with Gasteiger partial charge < -0.3 is 4.74 Å². The molecule has 0 bridgehead atoms. The van der Waals surface area contributed by atoms with Gasteiger partial charge in [-0.15, -0.1) is 0 Å². The first-order valence-electron chi connectivity index (χ1n) is 7.20. The Hall–Kier alpha value is -1.76. The molecule has 0 amide bonds. The summed E-state index contributed by atoms with van der Waals surface area (Å²) in [5, 5.41) is 0. The highest BCUT2D eigenvalue weighted by Gasteiger charge is 1.95. The van der Waals surface area contributed by atoms with E-state index in [1.165, 1.54) is 5.56 Å². The molecule has 0 saturated carbocycles.